The van der Waals surface area contributed by atoms with E-state index < -0.39 is 0 Å². The third-order valence-electron chi connectivity index (χ3n) is 4.62. The van der Waals surface area contributed by atoms with Crippen molar-refractivity contribution in [1.82, 2.24) is 10.2 Å². The number of aromatic nitrogens is 2. The van der Waals surface area contributed by atoms with Crippen LogP contribution in [0.4, 0.5) is 5.00 Å². The topological polar surface area (TPSA) is 94.3 Å². The van der Waals surface area contributed by atoms with Gasteiger partial charge >= 0.3 is 5.97 Å². The van der Waals surface area contributed by atoms with Crippen LogP contribution in [0.3, 0.4) is 0 Å². The van der Waals surface area contributed by atoms with Crippen LogP contribution < -0.4 is 5.32 Å². The molecule has 1 unspecified atom stereocenters. The van der Waals surface area contributed by atoms with Crippen molar-refractivity contribution in [3.05, 3.63) is 21.9 Å². The number of esters is 1. The molecule has 1 N–H and O–H groups in total. The zero-order chi connectivity index (χ0) is 21.2. The zero-order valence-corrected chi connectivity index (χ0v) is 19.1. The monoisotopic (exact) mass is 437 g/mol. The highest BCUT2D eigenvalue weighted by Gasteiger charge is 2.29. The van der Waals surface area contributed by atoms with Gasteiger partial charge in [0.1, 0.15) is 5.00 Å². The quantitative estimate of drug-likeness (QED) is 0.526. The fraction of sp³-hybridized carbons (Fsp3) is 0.600. The molecular formula is C20H27N3O4S2. The van der Waals surface area contributed by atoms with Crippen molar-refractivity contribution < 1.29 is 18.7 Å². The molecule has 9 heteroatoms. The summed E-state index contributed by atoms with van der Waals surface area (Å²) in [5, 5.41) is 11.8. The molecule has 0 saturated heterocycles. The smallest absolute Gasteiger partial charge is 0.341 e. The van der Waals surface area contributed by atoms with E-state index in [4.69, 9.17) is 9.15 Å². The third kappa shape index (κ3) is 5.19. The van der Waals surface area contributed by atoms with Crippen LogP contribution in [0.5, 0.6) is 0 Å². The third-order valence-corrected chi connectivity index (χ3v) is 6.61. The number of ether oxygens (including phenoxy) is 1. The van der Waals surface area contributed by atoms with Gasteiger partial charge in [-0.3, -0.25) is 4.79 Å². The number of rotatable bonds is 6. The normalized spacial score (nSPS) is 16.4. The fourth-order valence-electron chi connectivity index (χ4n) is 3.12. The molecule has 1 aliphatic carbocycles. The number of hydrogen-bond acceptors (Lipinski definition) is 8. The molecule has 0 saturated carbocycles. The average Bonchev–Trinajstić information content (AvgIpc) is 3.24. The van der Waals surface area contributed by atoms with Gasteiger partial charge in [-0.05, 0) is 37.7 Å². The summed E-state index contributed by atoms with van der Waals surface area (Å²) in [6.07, 6.45) is 2.80. The number of fused-ring (bicyclic) bond motifs is 1. The van der Waals surface area contributed by atoms with Crippen molar-refractivity contribution in [2.24, 2.45) is 5.92 Å². The first-order chi connectivity index (χ1) is 13.7. The number of nitrogens with zero attached hydrogens (tertiary/aromatic N) is 2. The molecule has 3 rings (SSSR count). The Balaban J connectivity index is 1.71. The van der Waals surface area contributed by atoms with Gasteiger partial charge in [0.25, 0.3) is 5.22 Å². The van der Waals surface area contributed by atoms with E-state index in [-0.39, 0.29) is 23.0 Å². The Kier molecular flexibility index (Phi) is 6.68. The molecule has 1 atom stereocenters. The first-order valence-corrected chi connectivity index (χ1v) is 11.6. The van der Waals surface area contributed by atoms with Gasteiger partial charge in [-0.25, -0.2) is 4.79 Å². The van der Waals surface area contributed by atoms with Crippen LogP contribution in [0.2, 0.25) is 0 Å². The van der Waals surface area contributed by atoms with E-state index in [0.29, 0.717) is 34.2 Å². The van der Waals surface area contributed by atoms with Gasteiger partial charge in [0.2, 0.25) is 11.8 Å². The van der Waals surface area contributed by atoms with Crippen LogP contribution in [-0.2, 0) is 27.8 Å². The van der Waals surface area contributed by atoms with Crippen molar-refractivity contribution in [3.8, 4) is 0 Å². The van der Waals surface area contributed by atoms with E-state index in [0.717, 1.165) is 24.8 Å². The first kappa shape index (κ1) is 21.8. The molecule has 29 heavy (non-hydrogen) atoms. The Morgan fingerprint density at radius 1 is 1.34 bits per heavy atom. The number of thiophene rings is 1. The van der Waals surface area contributed by atoms with E-state index in [1.54, 1.807) is 6.92 Å². The molecule has 2 heterocycles. The van der Waals surface area contributed by atoms with Gasteiger partial charge in [-0.1, -0.05) is 39.5 Å². The molecule has 158 valence electrons. The summed E-state index contributed by atoms with van der Waals surface area (Å²) in [7, 11) is 0. The Labute approximate surface area is 179 Å². The summed E-state index contributed by atoms with van der Waals surface area (Å²) in [5.41, 5.74) is 1.31. The maximum atomic E-state index is 12.5. The largest absolute Gasteiger partial charge is 0.462 e. The summed E-state index contributed by atoms with van der Waals surface area (Å²) < 4.78 is 10.9. The number of carbonyl (C=O) groups excluding carboxylic acids is 2. The van der Waals surface area contributed by atoms with Gasteiger partial charge in [0, 0.05) is 10.3 Å². The molecule has 0 spiro atoms. The minimum Gasteiger partial charge on any atom is -0.462 e. The number of anilines is 1. The SMILES string of the molecule is CCOC(=O)c1c(NC(=O)CSc2nnc(C(C)(C)C)o2)sc2c1CCC(C)C2. The standard InChI is InChI=1S/C20H27N3O4S2/c1-6-26-17(25)15-12-8-7-11(2)9-13(12)29-16(15)21-14(24)10-28-19-23-22-18(27-19)20(3,4)5/h11H,6-10H2,1-5H3,(H,21,24). The predicted molar refractivity (Wildman–Crippen MR) is 114 cm³/mol. The van der Waals surface area contributed by atoms with Gasteiger partial charge in [0.15, 0.2) is 0 Å². The lowest BCUT2D eigenvalue weighted by molar-refractivity contribution is -0.113. The van der Waals surface area contributed by atoms with E-state index in [1.807, 2.05) is 20.8 Å². The summed E-state index contributed by atoms with van der Waals surface area (Å²) in [6.45, 7) is 10.2. The molecule has 1 aliphatic rings. The van der Waals surface area contributed by atoms with E-state index in [1.165, 1.54) is 28.0 Å². The number of carbonyl (C=O) groups is 2. The highest BCUT2D eigenvalue weighted by Crippen LogP contribution is 2.40. The lowest BCUT2D eigenvalue weighted by Gasteiger charge is -2.18. The first-order valence-electron chi connectivity index (χ1n) is 9.77. The second-order valence-corrected chi connectivity index (χ2v) is 10.3. The van der Waals surface area contributed by atoms with Crippen molar-refractivity contribution in [1.29, 1.82) is 0 Å². The number of nitrogens with one attached hydrogen (secondary N) is 1. The lowest BCUT2D eigenvalue weighted by atomic mass is 9.88. The van der Waals surface area contributed by atoms with Crippen LogP contribution in [0, 0.1) is 5.92 Å². The zero-order valence-electron chi connectivity index (χ0n) is 17.5. The number of hydrogen-bond donors (Lipinski definition) is 1. The molecule has 2 aromatic rings. The summed E-state index contributed by atoms with van der Waals surface area (Å²) in [4.78, 5) is 26.2. The maximum absolute atomic E-state index is 12.5. The van der Waals surface area contributed by atoms with Crippen molar-refractivity contribution in [2.45, 2.75) is 64.5 Å². The molecule has 0 bridgehead atoms. The van der Waals surface area contributed by atoms with Crippen LogP contribution in [0.25, 0.3) is 0 Å². The highest BCUT2D eigenvalue weighted by molar-refractivity contribution is 7.99. The Morgan fingerprint density at radius 2 is 2.10 bits per heavy atom. The highest BCUT2D eigenvalue weighted by atomic mass is 32.2. The molecule has 7 nitrogen and oxygen atoms in total. The fourth-order valence-corrected chi connectivity index (χ4v) is 5.10. The van der Waals surface area contributed by atoms with Crippen LogP contribution in [-0.4, -0.2) is 34.4 Å². The van der Waals surface area contributed by atoms with Crippen LogP contribution in [0.1, 0.15) is 67.7 Å². The van der Waals surface area contributed by atoms with Crippen LogP contribution >= 0.6 is 23.1 Å². The van der Waals surface area contributed by atoms with Crippen molar-refractivity contribution >= 4 is 40.0 Å². The summed E-state index contributed by atoms with van der Waals surface area (Å²) >= 11 is 2.66. The van der Waals surface area contributed by atoms with Crippen molar-refractivity contribution in [3.63, 3.8) is 0 Å². The molecule has 0 radical (unpaired) electrons. The molecule has 2 aromatic heterocycles. The summed E-state index contributed by atoms with van der Waals surface area (Å²) in [5.74, 6) is 0.638. The second kappa shape index (κ2) is 8.87. The van der Waals surface area contributed by atoms with Gasteiger partial charge in [0.05, 0.1) is 17.9 Å². The molecule has 0 aliphatic heterocycles. The Hall–Kier alpha value is -1.87. The molecule has 1 amide bonds. The predicted octanol–water partition coefficient (Wildman–Crippen LogP) is 4.46. The van der Waals surface area contributed by atoms with Crippen molar-refractivity contribution in [2.75, 3.05) is 17.7 Å². The second-order valence-electron chi connectivity index (χ2n) is 8.24. The molecular weight excluding hydrogens is 410 g/mol. The van der Waals surface area contributed by atoms with E-state index in [2.05, 4.69) is 22.4 Å². The molecule has 0 aromatic carbocycles. The minimum absolute atomic E-state index is 0.118. The maximum Gasteiger partial charge on any atom is 0.341 e. The Bertz CT molecular complexity index is 898. The van der Waals surface area contributed by atoms with E-state index in [9.17, 15) is 9.59 Å². The minimum atomic E-state index is -0.366. The lowest BCUT2D eigenvalue weighted by Crippen LogP contribution is -2.17. The van der Waals surface area contributed by atoms with Gasteiger partial charge in [-0.15, -0.1) is 21.5 Å². The summed E-state index contributed by atoms with van der Waals surface area (Å²) in [6, 6.07) is 0. The van der Waals surface area contributed by atoms with E-state index >= 15 is 0 Å². The Morgan fingerprint density at radius 3 is 2.76 bits per heavy atom. The van der Waals surface area contributed by atoms with Gasteiger partial charge < -0.3 is 14.5 Å². The number of amides is 1. The average molecular weight is 438 g/mol. The van der Waals surface area contributed by atoms with Gasteiger partial charge in [-0.2, -0.15) is 0 Å². The van der Waals surface area contributed by atoms with Crippen LogP contribution in [0.15, 0.2) is 9.64 Å². The number of thioether (sulfide) groups is 1. The molecule has 0 fully saturated rings.